The molecular formula is C28H26ClNO5. The highest BCUT2D eigenvalue weighted by Crippen LogP contribution is 2.37. The predicted octanol–water partition coefficient (Wildman–Crippen LogP) is 5.83. The maximum absolute atomic E-state index is 13.2. The molecule has 7 heteroatoms. The number of hydrogen-bond donors (Lipinski definition) is 0. The van der Waals surface area contributed by atoms with Crippen LogP contribution in [0.4, 0.5) is 0 Å². The zero-order valence-corrected chi connectivity index (χ0v) is 20.6. The van der Waals surface area contributed by atoms with Crippen LogP contribution in [0.3, 0.4) is 0 Å². The van der Waals surface area contributed by atoms with Crippen molar-refractivity contribution in [2.75, 3.05) is 27.5 Å². The highest BCUT2D eigenvalue weighted by atomic mass is 35.5. The summed E-state index contributed by atoms with van der Waals surface area (Å²) in [4.78, 5) is 15.4. The third kappa shape index (κ3) is 4.35. The summed E-state index contributed by atoms with van der Waals surface area (Å²) in [6.45, 7) is 3.80. The quantitative estimate of drug-likeness (QED) is 0.316. The van der Waals surface area contributed by atoms with Gasteiger partial charge in [0.25, 0.3) is 0 Å². The molecule has 0 aliphatic carbocycles. The van der Waals surface area contributed by atoms with Gasteiger partial charge in [0, 0.05) is 23.5 Å². The van der Waals surface area contributed by atoms with Crippen LogP contribution in [0.2, 0.25) is 5.02 Å². The van der Waals surface area contributed by atoms with Crippen LogP contribution in [0.5, 0.6) is 17.2 Å². The zero-order valence-electron chi connectivity index (χ0n) is 19.9. The average molecular weight is 492 g/mol. The smallest absolute Gasteiger partial charge is 0.344 e. The van der Waals surface area contributed by atoms with Crippen molar-refractivity contribution in [2.24, 2.45) is 0 Å². The van der Waals surface area contributed by atoms with Crippen LogP contribution in [0, 0.1) is 6.92 Å². The van der Waals surface area contributed by atoms with Crippen LogP contribution in [0.25, 0.3) is 22.1 Å². The molecule has 1 aliphatic heterocycles. The first kappa shape index (κ1) is 23.3. The van der Waals surface area contributed by atoms with E-state index in [-0.39, 0.29) is 0 Å². The second kappa shape index (κ2) is 9.64. The molecule has 3 aromatic carbocycles. The standard InChI is InChI=1S/C28H26ClNO5/c1-17-20-9-11-23-21(15-30(16-34-23)13-12-18-6-4-5-7-22(18)29)27(20)35-28(31)26(17)19-8-10-24(32-2)25(14-19)33-3/h4-11,14H,12-13,15-16H2,1-3H3. The molecule has 2 heterocycles. The zero-order chi connectivity index (χ0) is 24.5. The summed E-state index contributed by atoms with van der Waals surface area (Å²) in [5.74, 6) is 1.90. The van der Waals surface area contributed by atoms with Crippen molar-refractivity contribution in [1.29, 1.82) is 0 Å². The Morgan fingerprint density at radius 3 is 2.60 bits per heavy atom. The Kier molecular flexibility index (Phi) is 6.41. The Morgan fingerprint density at radius 2 is 1.83 bits per heavy atom. The molecule has 0 saturated heterocycles. The van der Waals surface area contributed by atoms with E-state index < -0.39 is 5.63 Å². The van der Waals surface area contributed by atoms with Gasteiger partial charge in [0.2, 0.25) is 0 Å². The van der Waals surface area contributed by atoms with E-state index in [0.717, 1.165) is 45.8 Å². The summed E-state index contributed by atoms with van der Waals surface area (Å²) in [5, 5.41) is 1.64. The van der Waals surface area contributed by atoms with Crippen LogP contribution in [-0.2, 0) is 13.0 Å². The van der Waals surface area contributed by atoms with Crippen LogP contribution in [-0.4, -0.2) is 32.4 Å². The van der Waals surface area contributed by atoms with Crippen molar-refractivity contribution in [1.82, 2.24) is 4.90 Å². The van der Waals surface area contributed by atoms with Crippen molar-refractivity contribution in [3.05, 3.63) is 86.7 Å². The number of fused-ring (bicyclic) bond motifs is 3. The molecule has 0 N–H and O–H groups in total. The lowest BCUT2D eigenvalue weighted by Gasteiger charge is -2.29. The number of halogens is 1. The topological polar surface area (TPSA) is 61.1 Å². The van der Waals surface area contributed by atoms with E-state index >= 15 is 0 Å². The molecule has 180 valence electrons. The first-order chi connectivity index (χ1) is 17.0. The van der Waals surface area contributed by atoms with E-state index in [1.165, 1.54) is 0 Å². The Balaban J connectivity index is 1.50. The lowest BCUT2D eigenvalue weighted by Crippen LogP contribution is -2.33. The monoisotopic (exact) mass is 491 g/mol. The fourth-order valence-corrected chi connectivity index (χ4v) is 4.85. The molecule has 0 saturated carbocycles. The van der Waals surface area contributed by atoms with E-state index in [9.17, 15) is 4.79 Å². The number of rotatable bonds is 6. The molecule has 4 aromatic rings. The summed E-state index contributed by atoms with van der Waals surface area (Å²) in [5.41, 5.74) is 4.21. The number of hydrogen-bond acceptors (Lipinski definition) is 6. The van der Waals surface area contributed by atoms with Crippen molar-refractivity contribution in [3.63, 3.8) is 0 Å². The fourth-order valence-electron chi connectivity index (χ4n) is 4.62. The number of nitrogens with zero attached hydrogens (tertiary/aromatic N) is 1. The Labute approximate surface area is 208 Å². The summed E-state index contributed by atoms with van der Waals surface area (Å²) in [7, 11) is 3.15. The lowest BCUT2D eigenvalue weighted by molar-refractivity contribution is 0.0968. The second-order valence-corrected chi connectivity index (χ2v) is 8.95. The van der Waals surface area contributed by atoms with Gasteiger partial charge in [-0.2, -0.15) is 0 Å². The predicted molar refractivity (Wildman–Crippen MR) is 137 cm³/mol. The number of benzene rings is 3. The van der Waals surface area contributed by atoms with E-state index in [1.807, 2.05) is 49.4 Å². The number of methoxy groups -OCH3 is 2. The minimum atomic E-state index is -0.399. The first-order valence-electron chi connectivity index (χ1n) is 11.4. The third-order valence-corrected chi connectivity index (χ3v) is 6.88. The van der Waals surface area contributed by atoms with Gasteiger partial charge in [-0.1, -0.05) is 35.9 Å². The van der Waals surface area contributed by atoms with Crippen LogP contribution >= 0.6 is 11.6 Å². The van der Waals surface area contributed by atoms with Crippen molar-refractivity contribution in [2.45, 2.75) is 19.9 Å². The fraction of sp³-hybridized carbons (Fsp3) is 0.250. The molecule has 0 bridgehead atoms. The molecule has 1 aliphatic rings. The molecule has 1 aromatic heterocycles. The average Bonchev–Trinajstić information content (AvgIpc) is 2.88. The Hall–Kier alpha value is -3.48. The van der Waals surface area contributed by atoms with Crippen molar-refractivity contribution >= 4 is 22.6 Å². The van der Waals surface area contributed by atoms with Gasteiger partial charge in [-0.3, -0.25) is 4.90 Å². The summed E-state index contributed by atoms with van der Waals surface area (Å²) in [6.07, 6.45) is 0.801. The van der Waals surface area contributed by atoms with Gasteiger partial charge < -0.3 is 18.6 Å². The van der Waals surface area contributed by atoms with Gasteiger partial charge >= 0.3 is 5.63 Å². The maximum atomic E-state index is 13.2. The molecule has 0 fully saturated rings. The van der Waals surface area contributed by atoms with Crippen LogP contribution < -0.4 is 19.8 Å². The van der Waals surface area contributed by atoms with Crippen LogP contribution in [0.15, 0.2) is 63.8 Å². The first-order valence-corrected chi connectivity index (χ1v) is 11.8. The normalized spacial score (nSPS) is 13.4. The molecule has 5 rings (SSSR count). The molecule has 0 radical (unpaired) electrons. The van der Waals surface area contributed by atoms with Gasteiger partial charge in [-0.25, -0.2) is 4.79 Å². The van der Waals surface area contributed by atoms with E-state index in [1.54, 1.807) is 26.4 Å². The van der Waals surface area contributed by atoms with Gasteiger partial charge in [0.15, 0.2) is 11.5 Å². The Bertz CT molecular complexity index is 1460. The highest BCUT2D eigenvalue weighted by molar-refractivity contribution is 6.31. The summed E-state index contributed by atoms with van der Waals surface area (Å²) >= 11 is 6.32. The molecule has 0 spiro atoms. The van der Waals surface area contributed by atoms with Gasteiger partial charge in [0.1, 0.15) is 18.1 Å². The summed E-state index contributed by atoms with van der Waals surface area (Å²) < 4.78 is 22.7. The molecule has 0 unspecified atom stereocenters. The minimum Gasteiger partial charge on any atom is -0.493 e. The van der Waals surface area contributed by atoms with Crippen molar-refractivity contribution < 1.29 is 18.6 Å². The SMILES string of the molecule is COc1ccc(-c2c(C)c3ccc4c(c3oc2=O)CN(CCc2ccccc2Cl)CO4)cc1OC. The van der Waals surface area contributed by atoms with Gasteiger partial charge in [-0.15, -0.1) is 0 Å². The minimum absolute atomic E-state index is 0.399. The lowest BCUT2D eigenvalue weighted by atomic mass is 9.97. The van der Waals surface area contributed by atoms with Crippen molar-refractivity contribution in [3.8, 4) is 28.4 Å². The third-order valence-electron chi connectivity index (χ3n) is 6.51. The van der Waals surface area contributed by atoms with E-state index in [4.69, 9.17) is 30.2 Å². The second-order valence-electron chi connectivity index (χ2n) is 8.55. The van der Waals surface area contributed by atoms with E-state index in [0.29, 0.717) is 41.5 Å². The molecule has 35 heavy (non-hydrogen) atoms. The highest BCUT2D eigenvalue weighted by Gasteiger charge is 2.24. The number of ether oxygens (including phenoxy) is 3. The largest absolute Gasteiger partial charge is 0.493 e. The van der Waals surface area contributed by atoms with E-state index in [2.05, 4.69) is 4.90 Å². The van der Waals surface area contributed by atoms with Crippen LogP contribution in [0.1, 0.15) is 16.7 Å². The maximum Gasteiger partial charge on any atom is 0.344 e. The molecule has 6 nitrogen and oxygen atoms in total. The van der Waals surface area contributed by atoms with Gasteiger partial charge in [-0.05, 0) is 60.4 Å². The molecular weight excluding hydrogens is 466 g/mol. The van der Waals surface area contributed by atoms with Gasteiger partial charge in [0.05, 0.1) is 25.3 Å². The Morgan fingerprint density at radius 1 is 1.03 bits per heavy atom. The molecule has 0 atom stereocenters. The number of aryl methyl sites for hydroxylation is 1. The summed E-state index contributed by atoms with van der Waals surface area (Å²) in [6, 6.07) is 17.2. The molecule has 0 amide bonds.